The zero-order valence-electron chi connectivity index (χ0n) is 15.1. The van der Waals surface area contributed by atoms with E-state index < -0.39 is 49.7 Å². The number of carbonyl (C=O) groups is 1. The minimum Gasteiger partial charge on any atom is -0.481 e. The minimum absolute atomic E-state index is 0.112. The van der Waals surface area contributed by atoms with Gasteiger partial charge in [0.1, 0.15) is 6.33 Å². The van der Waals surface area contributed by atoms with E-state index in [4.69, 9.17) is 4.74 Å². The third-order valence-electron chi connectivity index (χ3n) is 5.00. The largest absolute Gasteiger partial charge is 0.481 e. The highest BCUT2D eigenvalue weighted by molar-refractivity contribution is 7.92. The molecule has 1 aromatic carbocycles. The maximum atomic E-state index is 13.7. The molecule has 0 saturated heterocycles. The number of methoxy groups -OCH3 is 1. The Kier molecular flexibility index (Phi) is 5.63. The fraction of sp³-hybridized carbons (Fsp3) is 0.389. The summed E-state index contributed by atoms with van der Waals surface area (Å²) < 4.78 is 72.1. The SMILES string of the molecule is CO[C@@H]1C[C@H](S(=O)(=O)c2ccc(-c3cncnc3)cc2C(F)(F)F)C[C@H]1C(=O)O. The number of carboxylic acids is 1. The van der Waals surface area contributed by atoms with Gasteiger partial charge in [0, 0.05) is 25.1 Å². The van der Waals surface area contributed by atoms with E-state index in [1.165, 1.54) is 31.9 Å². The number of hydrogen-bond donors (Lipinski definition) is 1. The van der Waals surface area contributed by atoms with Gasteiger partial charge in [-0.2, -0.15) is 13.2 Å². The van der Waals surface area contributed by atoms with Gasteiger partial charge < -0.3 is 9.84 Å². The lowest BCUT2D eigenvalue weighted by atomic mass is 10.1. The molecule has 1 saturated carbocycles. The number of hydrogen-bond acceptors (Lipinski definition) is 6. The standard InChI is InChI=1S/C18H17F3N2O5S/c1-28-15-6-12(5-13(15)17(24)25)29(26,27)16-3-2-10(4-14(16)18(19,20)21)11-7-22-9-23-8-11/h2-4,7-9,12-13,15H,5-6H2,1H3,(H,24,25)/t12-,13-,15-/m1/s1. The Labute approximate surface area is 164 Å². The van der Waals surface area contributed by atoms with Crippen LogP contribution in [0.4, 0.5) is 13.2 Å². The van der Waals surface area contributed by atoms with E-state index in [0.29, 0.717) is 5.56 Å². The van der Waals surface area contributed by atoms with E-state index >= 15 is 0 Å². The number of ether oxygens (including phenoxy) is 1. The molecule has 29 heavy (non-hydrogen) atoms. The predicted molar refractivity (Wildman–Crippen MR) is 94.6 cm³/mol. The molecule has 1 aliphatic carbocycles. The summed E-state index contributed by atoms with van der Waals surface area (Å²) in [6.07, 6.45) is -2.48. The summed E-state index contributed by atoms with van der Waals surface area (Å²) in [5.74, 6) is -2.35. The van der Waals surface area contributed by atoms with E-state index in [-0.39, 0.29) is 18.4 Å². The highest BCUT2D eigenvalue weighted by Gasteiger charge is 2.47. The van der Waals surface area contributed by atoms with Crippen LogP contribution in [0.5, 0.6) is 0 Å². The summed E-state index contributed by atoms with van der Waals surface area (Å²) >= 11 is 0. The van der Waals surface area contributed by atoms with Gasteiger partial charge in [0.2, 0.25) is 0 Å². The summed E-state index contributed by atoms with van der Waals surface area (Å²) in [7, 11) is -3.21. The molecule has 0 spiro atoms. The van der Waals surface area contributed by atoms with Crippen molar-refractivity contribution in [1.82, 2.24) is 9.97 Å². The lowest BCUT2D eigenvalue weighted by Crippen LogP contribution is -2.24. The Hall–Kier alpha value is -2.53. The molecule has 156 valence electrons. The van der Waals surface area contributed by atoms with Crippen molar-refractivity contribution < 1.29 is 36.2 Å². The van der Waals surface area contributed by atoms with Crippen LogP contribution in [0.25, 0.3) is 11.1 Å². The highest BCUT2D eigenvalue weighted by atomic mass is 32.2. The molecule has 11 heteroatoms. The molecular formula is C18H17F3N2O5S. The first kappa shape index (κ1) is 21.2. The average Bonchev–Trinajstić information content (AvgIpc) is 3.13. The normalized spacial score (nSPS) is 22.6. The smallest absolute Gasteiger partial charge is 0.417 e. The van der Waals surface area contributed by atoms with Crippen LogP contribution in [-0.2, 0) is 25.5 Å². The third kappa shape index (κ3) is 4.10. The average molecular weight is 430 g/mol. The number of alkyl halides is 3. The molecule has 3 rings (SSSR count). The maximum Gasteiger partial charge on any atom is 0.417 e. The quantitative estimate of drug-likeness (QED) is 0.777. The number of rotatable bonds is 5. The van der Waals surface area contributed by atoms with Crippen molar-refractivity contribution in [3.05, 3.63) is 42.5 Å². The van der Waals surface area contributed by atoms with Crippen LogP contribution in [-0.4, -0.2) is 47.9 Å². The van der Waals surface area contributed by atoms with Crippen LogP contribution in [0, 0.1) is 5.92 Å². The van der Waals surface area contributed by atoms with E-state index in [1.54, 1.807) is 0 Å². The van der Waals surface area contributed by atoms with Crippen molar-refractivity contribution in [1.29, 1.82) is 0 Å². The number of benzene rings is 1. The molecule has 0 amide bonds. The van der Waals surface area contributed by atoms with Crippen LogP contribution in [0.2, 0.25) is 0 Å². The summed E-state index contributed by atoms with van der Waals surface area (Å²) in [5.41, 5.74) is -0.902. The van der Waals surface area contributed by atoms with Gasteiger partial charge in [-0.25, -0.2) is 18.4 Å². The zero-order chi connectivity index (χ0) is 21.4. The summed E-state index contributed by atoms with van der Waals surface area (Å²) in [5, 5.41) is 7.96. The Bertz CT molecular complexity index is 1010. The van der Waals surface area contributed by atoms with Gasteiger partial charge in [0.05, 0.1) is 27.7 Å². The highest BCUT2D eigenvalue weighted by Crippen LogP contribution is 2.41. The fourth-order valence-corrected chi connectivity index (χ4v) is 5.54. The Morgan fingerprint density at radius 2 is 1.83 bits per heavy atom. The number of aliphatic carboxylic acids is 1. The molecular weight excluding hydrogens is 413 g/mol. The second kappa shape index (κ2) is 7.71. The molecule has 1 fully saturated rings. The van der Waals surface area contributed by atoms with E-state index in [1.807, 2.05) is 0 Å². The Morgan fingerprint density at radius 3 is 2.34 bits per heavy atom. The molecule has 1 N–H and O–H groups in total. The van der Waals surface area contributed by atoms with Gasteiger partial charge in [-0.1, -0.05) is 6.07 Å². The van der Waals surface area contributed by atoms with Gasteiger partial charge in [-0.15, -0.1) is 0 Å². The number of aromatic nitrogens is 2. The molecule has 1 aliphatic rings. The van der Waals surface area contributed by atoms with Crippen LogP contribution >= 0.6 is 0 Å². The lowest BCUT2D eigenvalue weighted by molar-refractivity contribution is -0.145. The molecule has 1 heterocycles. The third-order valence-corrected chi connectivity index (χ3v) is 7.24. The van der Waals surface area contributed by atoms with Gasteiger partial charge in [-0.3, -0.25) is 4.79 Å². The molecule has 0 aliphatic heterocycles. The molecule has 3 atom stereocenters. The summed E-state index contributed by atoms with van der Waals surface area (Å²) in [6, 6.07) is 2.89. The number of halogens is 3. The van der Waals surface area contributed by atoms with Crippen molar-refractivity contribution >= 4 is 15.8 Å². The molecule has 0 unspecified atom stereocenters. The summed E-state index contributed by atoms with van der Waals surface area (Å²) in [6.45, 7) is 0. The van der Waals surface area contributed by atoms with Gasteiger partial charge >= 0.3 is 12.1 Å². The van der Waals surface area contributed by atoms with Crippen LogP contribution in [0.15, 0.2) is 41.8 Å². The predicted octanol–water partition coefficient (Wildman–Crippen LogP) is 2.81. The minimum atomic E-state index is -4.93. The van der Waals surface area contributed by atoms with Crippen molar-refractivity contribution in [3.8, 4) is 11.1 Å². The monoisotopic (exact) mass is 430 g/mol. The molecule has 7 nitrogen and oxygen atoms in total. The lowest BCUT2D eigenvalue weighted by Gasteiger charge is -2.18. The summed E-state index contributed by atoms with van der Waals surface area (Å²) in [4.78, 5) is 18.0. The molecule has 0 radical (unpaired) electrons. The van der Waals surface area contributed by atoms with Gasteiger partial charge in [-0.05, 0) is 30.5 Å². The molecule has 2 aromatic rings. The van der Waals surface area contributed by atoms with Crippen molar-refractivity contribution in [3.63, 3.8) is 0 Å². The first-order chi connectivity index (χ1) is 13.6. The topological polar surface area (TPSA) is 106 Å². The second-order valence-corrected chi connectivity index (χ2v) is 8.89. The van der Waals surface area contributed by atoms with Crippen molar-refractivity contribution in [2.24, 2.45) is 5.92 Å². The first-order valence-corrected chi connectivity index (χ1v) is 10.1. The number of sulfone groups is 1. The van der Waals surface area contributed by atoms with Crippen LogP contribution in [0.1, 0.15) is 18.4 Å². The Balaban J connectivity index is 2.06. The maximum absolute atomic E-state index is 13.7. The first-order valence-electron chi connectivity index (χ1n) is 8.51. The van der Waals surface area contributed by atoms with Gasteiger partial charge in [0.25, 0.3) is 0 Å². The van der Waals surface area contributed by atoms with Crippen molar-refractivity contribution in [2.75, 3.05) is 7.11 Å². The van der Waals surface area contributed by atoms with E-state index in [2.05, 4.69) is 9.97 Å². The van der Waals surface area contributed by atoms with Crippen LogP contribution in [0.3, 0.4) is 0 Å². The fourth-order valence-electron chi connectivity index (χ4n) is 3.54. The number of carboxylic acid groups (broad SMARTS) is 1. The van der Waals surface area contributed by atoms with E-state index in [9.17, 15) is 31.5 Å². The number of nitrogens with zero attached hydrogens (tertiary/aromatic N) is 2. The van der Waals surface area contributed by atoms with E-state index in [0.717, 1.165) is 12.1 Å². The molecule has 0 bridgehead atoms. The Morgan fingerprint density at radius 1 is 1.17 bits per heavy atom. The van der Waals surface area contributed by atoms with Crippen LogP contribution < -0.4 is 0 Å². The molecule has 1 aromatic heterocycles. The zero-order valence-corrected chi connectivity index (χ0v) is 15.9. The van der Waals surface area contributed by atoms with Crippen molar-refractivity contribution in [2.45, 2.75) is 35.3 Å². The van der Waals surface area contributed by atoms with Gasteiger partial charge in [0.15, 0.2) is 9.84 Å². The second-order valence-electron chi connectivity index (χ2n) is 6.69.